The third-order valence-electron chi connectivity index (χ3n) is 8.71. The Labute approximate surface area is 407 Å². The van der Waals surface area contributed by atoms with E-state index in [-0.39, 0.29) is 45.4 Å². The zero-order chi connectivity index (χ0) is 45.3. The van der Waals surface area contributed by atoms with E-state index in [4.69, 9.17) is 78.5 Å². The van der Waals surface area contributed by atoms with E-state index in [1.165, 1.54) is 0 Å². The molecule has 19 nitrogen and oxygen atoms in total. The Kier molecular flexibility index (Phi) is 28.6. The van der Waals surface area contributed by atoms with Gasteiger partial charge in [0.15, 0.2) is 17.4 Å². The van der Waals surface area contributed by atoms with Crippen molar-refractivity contribution in [2.24, 2.45) is 0 Å². The third-order valence-corrected chi connectivity index (χ3v) is 62.0. The maximum absolute atomic E-state index is 7.23. The van der Waals surface area contributed by atoms with Crippen molar-refractivity contribution < 1.29 is 78.5 Å². The summed E-state index contributed by atoms with van der Waals surface area (Å²) in [5.74, 6) is 0. The highest BCUT2D eigenvalue weighted by molar-refractivity contribution is 6.84. The Hall–Kier alpha value is 3.58. The molecule has 0 aromatic rings. The minimum absolute atomic E-state index is 0.0403. The largest absolute Gasteiger partial charge is 0.636 e. The summed E-state index contributed by atoms with van der Waals surface area (Å²) in [6.45, 7) is 27.2. The molecular weight excluding hydrogens is 1140 g/mol. The molecule has 4 aliphatic heterocycles. The van der Waals surface area contributed by atoms with Crippen LogP contribution in [0.3, 0.4) is 0 Å². The molecule has 354 valence electrons. The van der Waals surface area contributed by atoms with Gasteiger partial charge in [-0.3, -0.25) is 0 Å². The highest BCUT2D eigenvalue weighted by atomic mass is 28.5. The summed E-state index contributed by atoms with van der Waals surface area (Å²) in [7, 11) is -30.0. The predicted octanol–water partition coefficient (Wildman–Crippen LogP) is -0.00880. The van der Waals surface area contributed by atoms with Gasteiger partial charge in [-0.25, -0.2) is 0 Å². The number of hydrogen-bond donors (Lipinski definition) is 0. The summed E-state index contributed by atoms with van der Waals surface area (Å²) in [5.41, 5.74) is 0. The zero-order valence-electron chi connectivity index (χ0n) is 38.5. The molecule has 10 atom stereocenters. The van der Waals surface area contributed by atoms with Crippen LogP contribution in [-0.2, 0) is 78.5 Å². The summed E-state index contributed by atoms with van der Waals surface area (Å²) in [5, 5.41) is 0. The van der Waals surface area contributed by atoms with Gasteiger partial charge in [0.25, 0.3) is 83.6 Å². The van der Waals surface area contributed by atoms with Crippen molar-refractivity contribution in [3.05, 3.63) is 0 Å². The molecule has 0 aliphatic carbocycles. The lowest BCUT2D eigenvalue weighted by Gasteiger charge is -2.37. The zero-order valence-corrected chi connectivity index (χ0v) is 60.0. The summed E-state index contributed by atoms with van der Waals surface area (Å²) in [6.07, 6.45) is 0.124. The van der Waals surface area contributed by atoms with Crippen molar-refractivity contribution in [3.63, 3.8) is 0 Å². The molecule has 62 heavy (non-hydrogen) atoms. The number of rotatable bonds is 20. The van der Waals surface area contributed by atoms with Gasteiger partial charge in [-0.2, -0.15) is 0 Å². The van der Waals surface area contributed by atoms with E-state index in [9.17, 15) is 0 Å². The second-order valence-electron chi connectivity index (χ2n) is 15.5. The first kappa shape index (κ1) is 58.2. The summed E-state index contributed by atoms with van der Waals surface area (Å²) < 4.78 is 122. The average Bonchev–Trinajstić information content (AvgIpc) is 3.12. The van der Waals surface area contributed by atoms with Crippen LogP contribution in [0.2, 0.25) is 133 Å². The van der Waals surface area contributed by atoms with Crippen LogP contribution in [0.15, 0.2) is 0 Å². The second-order valence-corrected chi connectivity index (χ2v) is 57.8. The first-order valence-electron chi connectivity index (χ1n) is 21.4. The molecule has 0 saturated carbocycles. The fourth-order valence-electron chi connectivity index (χ4n) is 6.35. The molecule has 12 radical (unpaired) electrons. The molecule has 4 fully saturated rings. The Morgan fingerprint density at radius 3 is 1.45 bits per heavy atom. The normalized spacial score (nSPS) is 35.1. The lowest BCUT2D eigenvalue weighted by atomic mass is 10.5. The fourth-order valence-corrected chi connectivity index (χ4v) is 61.4. The standard InChI is InChI=1S/C23H68O19Si20/c1-23-22-47(2)30-49(4)36-57(24-23)17-14-43-27-62(28-44-15-18-58-26-46-25-48(3)31-52(7)37-58,29-45-16-19-59-38-53(8)32-50(5)33-54(9)39-59)42-61(12,13)21-20-60-40-55(10)34-51(6)35-56(11)41-60/h23,47-56H,14-22H2,1-13H3. The van der Waals surface area contributed by atoms with E-state index in [0.717, 1.165) is 36.3 Å². The monoisotopic (exact) mass is 1210 g/mol. The van der Waals surface area contributed by atoms with Crippen molar-refractivity contribution in [1.29, 1.82) is 0 Å². The molecule has 39 heteroatoms. The molecule has 0 amide bonds. The maximum atomic E-state index is 7.23. The van der Waals surface area contributed by atoms with Crippen molar-refractivity contribution in [1.82, 2.24) is 0 Å². The molecule has 4 saturated heterocycles. The van der Waals surface area contributed by atoms with Crippen molar-refractivity contribution in [2.75, 3.05) is 0 Å². The predicted molar refractivity (Wildman–Crippen MR) is 273 cm³/mol. The van der Waals surface area contributed by atoms with Crippen molar-refractivity contribution in [3.8, 4) is 0 Å². The van der Waals surface area contributed by atoms with Gasteiger partial charge < -0.3 is 78.5 Å². The molecule has 0 aromatic carbocycles. The second kappa shape index (κ2) is 30.5. The lowest BCUT2D eigenvalue weighted by Crippen LogP contribution is -2.58. The smallest absolute Gasteiger partial charge is 0.441 e. The van der Waals surface area contributed by atoms with Crippen LogP contribution in [-0.4, -0.2) is 192 Å². The summed E-state index contributed by atoms with van der Waals surface area (Å²) in [4.78, 5) is 0. The van der Waals surface area contributed by atoms with Crippen LogP contribution in [0, 0.1) is 0 Å². The van der Waals surface area contributed by atoms with E-state index in [1.54, 1.807) is 0 Å². The van der Waals surface area contributed by atoms with Gasteiger partial charge in [-0.15, -0.1) is 0 Å². The van der Waals surface area contributed by atoms with Crippen LogP contribution in [0.4, 0.5) is 0 Å². The highest BCUT2D eigenvalue weighted by Crippen LogP contribution is 2.27. The quantitative estimate of drug-likeness (QED) is 0.118. The first-order valence-corrected chi connectivity index (χ1v) is 57.7. The van der Waals surface area contributed by atoms with Crippen LogP contribution < -0.4 is 0 Å². The van der Waals surface area contributed by atoms with Crippen LogP contribution in [0.5, 0.6) is 0 Å². The molecule has 0 N–H and O–H groups in total. The summed E-state index contributed by atoms with van der Waals surface area (Å²) in [6, 6.07) is 6.86. The molecule has 4 rings (SSSR count). The van der Waals surface area contributed by atoms with Crippen LogP contribution in [0.1, 0.15) is 6.92 Å². The SMILES string of the molecule is CC1C[SiH](C)O[SiH](C)O[Si](CC[Si]O[Si](O[Si]CC[Si]2O[Si]O[SiH](C)O[SiH](C)O2)(O[Si]CC[Si]2O[SiH](C)O[SiH](C)O[SiH](C)O2)O[Si](C)(C)CC[Si]2O[SiH](C)O[SiH](C)O[SiH](C)O2)O1. The van der Waals surface area contributed by atoms with E-state index < -0.39 is 147 Å². The molecule has 4 aliphatic rings. The maximum Gasteiger partial charge on any atom is 0.636 e. The van der Waals surface area contributed by atoms with Crippen LogP contribution in [0.25, 0.3) is 0 Å². The molecule has 0 bridgehead atoms. The van der Waals surface area contributed by atoms with E-state index in [1.807, 2.05) is 26.2 Å². The minimum Gasteiger partial charge on any atom is -0.441 e. The van der Waals surface area contributed by atoms with E-state index in [2.05, 4.69) is 59.3 Å². The van der Waals surface area contributed by atoms with Crippen molar-refractivity contribution >= 4 is 186 Å². The Balaban J connectivity index is 1.49. The van der Waals surface area contributed by atoms with Gasteiger partial charge >= 0.3 is 56.2 Å². The minimum atomic E-state index is -3.76. The lowest BCUT2D eigenvalue weighted by molar-refractivity contribution is 0.165. The van der Waals surface area contributed by atoms with E-state index in [0.29, 0.717) is 18.1 Å². The van der Waals surface area contributed by atoms with Gasteiger partial charge in [0.1, 0.15) is 0 Å². The van der Waals surface area contributed by atoms with Crippen LogP contribution >= 0.6 is 0 Å². The number of hydrogen-bond acceptors (Lipinski definition) is 19. The van der Waals surface area contributed by atoms with Gasteiger partial charge in [0.05, 0.1) is 0 Å². The molecule has 0 aromatic heterocycles. The van der Waals surface area contributed by atoms with Crippen molar-refractivity contribution in [2.45, 2.75) is 146 Å². The molecule has 0 spiro atoms. The topological polar surface area (TPSA) is 175 Å². The Morgan fingerprint density at radius 1 is 0.532 bits per heavy atom. The van der Waals surface area contributed by atoms with E-state index >= 15 is 0 Å². The Bertz CT molecular complexity index is 1160. The average molecular weight is 1210 g/mol. The highest BCUT2D eigenvalue weighted by Gasteiger charge is 2.50. The Morgan fingerprint density at radius 2 is 0.935 bits per heavy atom. The molecular formula is C23H68O19Si20. The van der Waals surface area contributed by atoms with Gasteiger partial charge in [0.2, 0.25) is 29.3 Å². The molecule has 4 heterocycles. The first-order chi connectivity index (χ1) is 29.4. The molecule has 10 unspecified atom stereocenters. The van der Waals surface area contributed by atoms with Gasteiger partial charge in [-0.05, 0) is 140 Å². The third kappa shape index (κ3) is 24.1. The van der Waals surface area contributed by atoms with Gasteiger partial charge in [0, 0.05) is 6.10 Å². The fraction of sp³-hybridized carbons (Fsp3) is 1.00. The summed E-state index contributed by atoms with van der Waals surface area (Å²) >= 11 is 0. The van der Waals surface area contributed by atoms with Gasteiger partial charge in [-0.1, -0.05) is 0 Å².